The molecule has 8 heteroatoms. The van der Waals surface area contributed by atoms with Gasteiger partial charge in [-0.3, -0.25) is 20.5 Å². The number of aromatic amines is 1. The quantitative estimate of drug-likeness (QED) is 0.667. The normalized spacial score (nSPS) is 11.0. The van der Waals surface area contributed by atoms with Crippen LogP contribution in [0.2, 0.25) is 0 Å². The minimum atomic E-state index is -0.603. The number of anilines is 1. The Morgan fingerprint density at radius 1 is 1.32 bits per heavy atom. The van der Waals surface area contributed by atoms with Crippen molar-refractivity contribution < 1.29 is 14.5 Å². The van der Waals surface area contributed by atoms with E-state index < -0.39 is 16.6 Å². The van der Waals surface area contributed by atoms with Crippen LogP contribution in [-0.4, -0.2) is 26.8 Å². The number of non-ortho nitro benzene ring substituents is 1. The summed E-state index contributed by atoms with van der Waals surface area (Å²) in [6, 6.07) is 7.62. The highest BCUT2D eigenvalue weighted by atomic mass is 16.6. The van der Waals surface area contributed by atoms with Gasteiger partial charge in [-0.05, 0) is 32.9 Å². The van der Waals surface area contributed by atoms with E-state index in [0.717, 1.165) is 5.56 Å². The second-order valence-electron chi connectivity index (χ2n) is 5.60. The highest BCUT2D eigenvalue weighted by molar-refractivity contribution is 5.84. The highest BCUT2D eigenvalue weighted by Crippen LogP contribution is 2.22. The minimum absolute atomic E-state index is 0.00960. The summed E-state index contributed by atoms with van der Waals surface area (Å²) in [5.74, 6) is 0.308. The average Bonchev–Trinajstić information content (AvgIpc) is 2.85. The molecule has 0 radical (unpaired) electrons. The van der Waals surface area contributed by atoms with Gasteiger partial charge in [-0.25, -0.2) is 4.79 Å². The van der Waals surface area contributed by atoms with E-state index in [1.807, 2.05) is 0 Å². The van der Waals surface area contributed by atoms with Gasteiger partial charge in [-0.1, -0.05) is 0 Å². The molecule has 116 valence electrons. The smallest absolute Gasteiger partial charge is 0.413 e. The van der Waals surface area contributed by atoms with Crippen molar-refractivity contribution >= 4 is 17.6 Å². The lowest BCUT2D eigenvalue weighted by molar-refractivity contribution is -0.384. The van der Waals surface area contributed by atoms with Crippen LogP contribution in [-0.2, 0) is 4.74 Å². The summed E-state index contributed by atoms with van der Waals surface area (Å²) >= 11 is 0. The number of nitro benzene ring substituents is 1. The fourth-order valence-corrected chi connectivity index (χ4v) is 1.70. The fraction of sp³-hybridized carbons (Fsp3) is 0.286. The summed E-state index contributed by atoms with van der Waals surface area (Å²) in [7, 11) is 0. The van der Waals surface area contributed by atoms with Gasteiger partial charge in [0.05, 0.1) is 10.6 Å². The molecule has 8 nitrogen and oxygen atoms in total. The Hall–Kier alpha value is -2.90. The van der Waals surface area contributed by atoms with Crippen LogP contribution in [0.3, 0.4) is 0 Å². The largest absolute Gasteiger partial charge is 0.444 e. The van der Waals surface area contributed by atoms with E-state index in [-0.39, 0.29) is 5.69 Å². The van der Waals surface area contributed by atoms with Gasteiger partial charge in [0, 0.05) is 23.8 Å². The van der Waals surface area contributed by atoms with Crippen LogP contribution in [0.5, 0.6) is 0 Å². The Bertz CT molecular complexity index is 686. The molecular weight excluding hydrogens is 288 g/mol. The van der Waals surface area contributed by atoms with Gasteiger partial charge in [0.25, 0.3) is 5.69 Å². The second kappa shape index (κ2) is 5.84. The van der Waals surface area contributed by atoms with Crippen molar-refractivity contribution in [2.45, 2.75) is 26.4 Å². The zero-order valence-corrected chi connectivity index (χ0v) is 12.4. The molecule has 1 amide bonds. The topological polar surface area (TPSA) is 110 Å². The van der Waals surface area contributed by atoms with Crippen LogP contribution in [0, 0.1) is 10.1 Å². The number of nitro groups is 1. The van der Waals surface area contributed by atoms with Gasteiger partial charge in [-0.2, -0.15) is 5.10 Å². The zero-order chi connectivity index (χ0) is 16.3. The average molecular weight is 304 g/mol. The van der Waals surface area contributed by atoms with Crippen molar-refractivity contribution in [1.29, 1.82) is 0 Å². The first-order chi connectivity index (χ1) is 10.2. The van der Waals surface area contributed by atoms with E-state index in [0.29, 0.717) is 11.5 Å². The maximum absolute atomic E-state index is 11.6. The maximum atomic E-state index is 11.6. The zero-order valence-electron chi connectivity index (χ0n) is 12.4. The third-order valence-electron chi connectivity index (χ3n) is 2.60. The molecule has 0 unspecified atom stereocenters. The summed E-state index contributed by atoms with van der Waals surface area (Å²) in [6.07, 6.45) is -0.603. The highest BCUT2D eigenvalue weighted by Gasteiger charge is 2.17. The van der Waals surface area contributed by atoms with E-state index in [9.17, 15) is 14.9 Å². The maximum Gasteiger partial charge on any atom is 0.413 e. The standard InChI is InChI=1S/C14H16N4O4/c1-14(2,3)22-13(19)15-12-8-11(16-17-12)9-4-6-10(7-5-9)18(20)21/h4-8H,1-3H3,(H2,15,16,17,19). The van der Waals surface area contributed by atoms with Gasteiger partial charge in [0.1, 0.15) is 5.60 Å². The molecule has 22 heavy (non-hydrogen) atoms. The van der Waals surface area contributed by atoms with Gasteiger partial charge < -0.3 is 4.74 Å². The third-order valence-corrected chi connectivity index (χ3v) is 2.60. The summed E-state index contributed by atoms with van der Waals surface area (Å²) < 4.78 is 5.12. The Kier molecular flexibility index (Phi) is 4.11. The Balaban J connectivity index is 2.08. The van der Waals surface area contributed by atoms with E-state index in [1.54, 1.807) is 39.0 Å². The van der Waals surface area contributed by atoms with Gasteiger partial charge >= 0.3 is 6.09 Å². The van der Waals surface area contributed by atoms with Crippen LogP contribution < -0.4 is 5.32 Å². The Morgan fingerprint density at radius 2 is 1.95 bits per heavy atom. The lowest BCUT2D eigenvalue weighted by Gasteiger charge is -2.18. The van der Waals surface area contributed by atoms with Crippen molar-refractivity contribution in [3.05, 3.63) is 40.4 Å². The van der Waals surface area contributed by atoms with Crippen molar-refractivity contribution in [1.82, 2.24) is 10.2 Å². The predicted molar refractivity (Wildman–Crippen MR) is 80.5 cm³/mol. The van der Waals surface area contributed by atoms with Crippen LogP contribution in [0.25, 0.3) is 11.3 Å². The first-order valence-electron chi connectivity index (χ1n) is 6.55. The predicted octanol–water partition coefficient (Wildman–Crippen LogP) is 3.33. The first-order valence-corrected chi connectivity index (χ1v) is 6.55. The number of amides is 1. The number of ether oxygens (including phenoxy) is 1. The molecule has 2 N–H and O–H groups in total. The molecule has 0 fully saturated rings. The lowest BCUT2D eigenvalue weighted by atomic mass is 10.1. The van der Waals surface area contributed by atoms with Crippen LogP contribution in [0.15, 0.2) is 30.3 Å². The Morgan fingerprint density at radius 3 is 2.50 bits per heavy atom. The summed E-state index contributed by atoms with van der Waals surface area (Å²) in [5, 5.41) is 19.8. The SMILES string of the molecule is CC(C)(C)OC(=O)Nc1cc(-c2ccc([N+](=O)[O-])cc2)[nH]n1. The molecule has 0 aliphatic carbocycles. The Labute approximate surface area is 126 Å². The second-order valence-corrected chi connectivity index (χ2v) is 5.60. The van der Waals surface area contributed by atoms with Gasteiger partial charge in [0.2, 0.25) is 0 Å². The number of carbonyl (C=O) groups excluding carboxylic acids is 1. The van der Waals surface area contributed by atoms with Crippen molar-refractivity contribution in [2.75, 3.05) is 5.32 Å². The van der Waals surface area contributed by atoms with E-state index in [1.165, 1.54) is 12.1 Å². The number of H-pyrrole nitrogens is 1. The van der Waals surface area contributed by atoms with Crippen molar-refractivity contribution in [3.8, 4) is 11.3 Å². The molecule has 0 aliphatic rings. The number of nitrogens with zero attached hydrogens (tertiary/aromatic N) is 2. The molecule has 0 saturated carbocycles. The molecule has 2 rings (SSSR count). The molecule has 0 aliphatic heterocycles. The minimum Gasteiger partial charge on any atom is -0.444 e. The van der Waals surface area contributed by atoms with E-state index in [4.69, 9.17) is 4.74 Å². The van der Waals surface area contributed by atoms with Crippen molar-refractivity contribution in [2.24, 2.45) is 0 Å². The molecular formula is C14H16N4O4. The molecule has 0 spiro atoms. The summed E-state index contributed by atoms with van der Waals surface area (Å²) in [4.78, 5) is 21.8. The number of nitrogens with one attached hydrogen (secondary N) is 2. The number of rotatable bonds is 3. The lowest BCUT2D eigenvalue weighted by Crippen LogP contribution is -2.27. The monoisotopic (exact) mass is 304 g/mol. The van der Waals surface area contributed by atoms with E-state index in [2.05, 4.69) is 15.5 Å². The summed E-state index contributed by atoms with van der Waals surface area (Å²) in [5.41, 5.74) is 0.758. The van der Waals surface area contributed by atoms with Gasteiger partial charge in [-0.15, -0.1) is 0 Å². The summed E-state index contributed by atoms with van der Waals surface area (Å²) in [6.45, 7) is 5.29. The van der Waals surface area contributed by atoms with Crippen molar-refractivity contribution in [3.63, 3.8) is 0 Å². The number of aromatic nitrogens is 2. The number of hydrogen-bond donors (Lipinski definition) is 2. The van der Waals surface area contributed by atoms with E-state index >= 15 is 0 Å². The number of carbonyl (C=O) groups is 1. The molecule has 0 bridgehead atoms. The van der Waals surface area contributed by atoms with Crippen LogP contribution >= 0.6 is 0 Å². The van der Waals surface area contributed by atoms with Crippen LogP contribution in [0.1, 0.15) is 20.8 Å². The molecule has 1 aromatic heterocycles. The molecule has 2 aromatic rings. The molecule has 1 heterocycles. The number of hydrogen-bond acceptors (Lipinski definition) is 5. The number of benzene rings is 1. The van der Waals surface area contributed by atoms with Crippen LogP contribution in [0.4, 0.5) is 16.3 Å². The molecule has 0 atom stereocenters. The molecule has 1 aromatic carbocycles. The fourth-order valence-electron chi connectivity index (χ4n) is 1.70. The molecule has 0 saturated heterocycles. The first kappa shape index (κ1) is 15.5. The third kappa shape index (κ3) is 4.05. The van der Waals surface area contributed by atoms with Gasteiger partial charge in [0.15, 0.2) is 5.82 Å².